The zero-order chi connectivity index (χ0) is 71.1. The first-order valence-corrected chi connectivity index (χ1v) is 32.7. The molecule has 2 atom stereocenters. The van der Waals surface area contributed by atoms with E-state index < -0.39 is 94.1 Å². The quantitative estimate of drug-likeness (QED) is 0.0126. The largest absolute Gasteiger partial charge is 0.508 e. The summed E-state index contributed by atoms with van der Waals surface area (Å²) in [6.07, 6.45) is 3.31. The smallest absolute Gasteiger partial charge is 0.321 e. The first kappa shape index (κ1) is 77.3. The number of fused-ring (bicyclic) bond motifs is 1. The Morgan fingerprint density at radius 2 is 1.10 bits per heavy atom. The number of nitrogens with two attached hydrogens (primary N) is 1. The third-order valence-corrected chi connectivity index (χ3v) is 16.3. The van der Waals surface area contributed by atoms with Crippen LogP contribution in [0.15, 0.2) is 75.2 Å². The van der Waals surface area contributed by atoms with Crippen LogP contribution in [0.25, 0.3) is 0 Å². The number of phenols is 1. The number of aromatic hydroxyl groups is 1. The number of hydrogen-bond acceptors (Lipinski definition) is 20. The molecule has 4 aromatic carbocycles. The molecular formula is C65H90F2N16O15. The molecule has 4 aromatic rings. The minimum Gasteiger partial charge on any atom is -0.508 e. The number of aliphatic carboxylic acids is 3. The number of carbonyl (C=O) groups excluding carboxylic acids is 6. The highest BCUT2D eigenvalue weighted by Gasteiger charge is 2.35. The van der Waals surface area contributed by atoms with E-state index in [1.807, 2.05) is 34.1 Å². The number of halogens is 2. The molecule has 534 valence electrons. The van der Waals surface area contributed by atoms with Gasteiger partial charge < -0.3 is 68.7 Å². The molecule has 0 bridgehead atoms. The van der Waals surface area contributed by atoms with Crippen LogP contribution < -0.4 is 64.4 Å². The average Bonchev–Trinajstić information content (AvgIpc) is 1.08. The van der Waals surface area contributed by atoms with Crippen molar-refractivity contribution < 1.29 is 72.4 Å². The van der Waals surface area contributed by atoms with E-state index in [2.05, 4.69) is 52.8 Å². The topological polar surface area (TPSA) is 432 Å². The molecule has 2 aliphatic heterocycles. The summed E-state index contributed by atoms with van der Waals surface area (Å²) in [5.41, 5.74) is 6.99. The van der Waals surface area contributed by atoms with Crippen LogP contribution in [0.2, 0.25) is 0 Å². The van der Waals surface area contributed by atoms with Crippen LogP contribution in [-0.4, -0.2) is 228 Å². The molecule has 98 heavy (non-hydrogen) atoms. The number of unbranched alkanes of at least 4 members (excludes halogenated alkanes) is 3. The van der Waals surface area contributed by atoms with Crippen LogP contribution in [0.4, 0.5) is 30.6 Å². The lowest BCUT2D eigenvalue weighted by Gasteiger charge is -2.32. The number of phenolic OH excluding ortho intramolecular Hbond substituents is 1. The second-order valence-corrected chi connectivity index (χ2v) is 23.8. The molecule has 2 aliphatic rings. The number of carboxylic acids is 3. The predicted molar refractivity (Wildman–Crippen MR) is 359 cm³/mol. The number of amides is 7. The van der Waals surface area contributed by atoms with Gasteiger partial charge in [-0.15, -0.1) is 0 Å². The Labute approximate surface area is 565 Å². The number of rotatable bonds is 37. The number of hydrogen-bond donors (Lipinski definition) is 14. The molecule has 15 N–H and O–H groups in total. The fraction of sp³-hybridized carbons (Fsp3) is 0.508. The standard InChI is InChI=1S/C65H90F2N16O15/c1-2-51(85)70-22-23-74-65(98)78-64(68)73-21-10-16-50(62(96)75-35-47-48(66)33-46(84)34-49(47)67)77-63(97)59(83-36-43-12-5-6-13-44(43)37-83)42-14-9-15-45(32-42)76-52(86)17-11-20-72-58-57(60(94)61(58)95)71-19-8-4-3-7-18-69-53(87)38-79-24-26-80(39-54(88)89)28-30-82(41-56(92)93)31-29-81(27-25-79)40-55(90)91/h5-6,9,12-15,32-34,50,59,71-72,84H,2-4,7-8,10-11,16-31,35-41H2,1H3,(H,69,87)(H,70,85)(H,75,96)(H,76,86)(H,77,97)(H,88,89)(H,90,91)(H,92,93)(H4,68,73,74,78,98)/t50-,59+/m1/s1. The Morgan fingerprint density at radius 1 is 0.582 bits per heavy atom. The van der Waals surface area contributed by atoms with Crippen molar-refractivity contribution in [1.29, 1.82) is 0 Å². The number of carboxylic acid groups (broad SMARTS) is 3. The number of guanidine groups is 1. The van der Waals surface area contributed by atoms with E-state index in [0.29, 0.717) is 75.5 Å². The Bertz CT molecular complexity index is 3420. The van der Waals surface area contributed by atoms with Gasteiger partial charge in [0.15, 0.2) is 5.96 Å². The van der Waals surface area contributed by atoms with Gasteiger partial charge in [0.05, 0.1) is 26.2 Å². The monoisotopic (exact) mass is 1370 g/mol. The van der Waals surface area contributed by atoms with E-state index in [-0.39, 0.29) is 153 Å². The van der Waals surface area contributed by atoms with Crippen molar-refractivity contribution in [1.82, 2.24) is 56.4 Å². The Morgan fingerprint density at radius 3 is 1.65 bits per heavy atom. The van der Waals surface area contributed by atoms with Crippen molar-refractivity contribution in [2.75, 3.05) is 134 Å². The van der Waals surface area contributed by atoms with Crippen LogP contribution >= 0.6 is 0 Å². The second-order valence-electron chi connectivity index (χ2n) is 23.8. The van der Waals surface area contributed by atoms with Crippen LogP contribution in [-0.2, 0) is 58.0 Å². The fourth-order valence-electron chi connectivity index (χ4n) is 11.1. The van der Waals surface area contributed by atoms with Gasteiger partial charge in [-0.2, -0.15) is 0 Å². The van der Waals surface area contributed by atoms with Crippen molar-refractivity contribution in [3.8, 4) is 5.75 Å². The van der Waals surface area contributed by atoms with Gasteiger partial charge in [-0.1, -0.05) is 56.2 Å². The van der Waals surface area contributed by atoms with Crippen molar-refractivity contribution in [3.63, 3.8) is 0 Å². The third-order valence-electron chi connectivity index (χ3n) is 16.3. The minimum absolute atomic E-state index is 0.00822. The first-order valence-electron chi connectivity index (χ1n) is 32.7. The first-order chi connectivity index (χ1) is 47.0. The van der Waals surface area contributed by atoms with Gasteiger partial charge in [0.25, 0.3) is 10.9 Å². The van der Waals surface area contributed by atoms with E-state index >= 15 is 0 Å². The summed E-state index contributed by atoms with van der Waals surface area (Å²) in [5, 5.41) is 62.7. The molecule has 6 rings (SSSR count). The van der Waals surface area contributed by atoms with Crippen LogP contribution in [0.1, 0.15) is 93.0 Å². The number of benzene rings is 3. The van der Waals surface area contributed by atoms with Gasteiger partial charge in [0.2, 0.25) is 29.5 Å². The van der Waals surface area contributed by atoms with Gasteiger partial charge in [-0.3, -0.25) is 82.8 Å². The summed E-state index contributed by atoms with van der Waals surface area (Å²) in [7, 11) is 0. The van der Waals surface area contributed by atoms with E-state index in [1.54, 1.807) is 45.9 Å². The molecule has 0 unspecified atom stereocenters. The second kappa shape index (κ2) is 40.1. The maximum atomic E-state index is 14.8. The van der Waals surface area contributed by atoms with E-state index in [4.69, 9.17) is 5.73 Å². The molecule has 1 fully saturated rings. The Balaban J connectivity index is 0.975. The van der Waals surface area contributed by atoms with Gasteiger partial charge in [0.1, 0.15) is 40.8 Å². The number of nitrogens with one attached hydrogen (secondary N) is 9. The summed E-state index contributed by atoms with van der Waals surface area (Å²) < 4.78 is 29.6. The van der Waals surface area contributed by atoms with E-state index in [9.17, 15) is 81.9 Å². The summed E-state index contributed by atoms with van der Waals surface area (Å²) >= 11 is 0. The fourth-order valence-corrected chi connectivity index (χ4v) is 11.1. The highest BCUT2D eigenvalue weighted by molar-refractivity contribution is 5.95. The average molecular weight is 1370 g/mol. The summed E-state index contributed by atoms with van der Waals surface area (Å²) in [4.78, 5) is 152. The summed E-state index contributed by atoms with van der Waals surface area (Å²) in [5.74, 6) is -8.57. The van der Waals surface area contributed by atoms with Gasteiger partial charge in [-0.25, -0.2) is 13.6 Å². The van der Waals surface area contributed by atoms with Crippen LogP contribution in [0, 0.1) is 11.6 Å². The molecule has 7 amide bonds. The molecule has 0 spiro atoms. The zero-order valence-corrected chi connectivity index (χ0v) is 54.9. The minimum atomic E-state index is -1.32. The van der Waals surface area contributed by atoms with Gasteiger partial charge in [-0.05, 0) is 60.9 Å². The molecule has 0 aromatic heterocycles. The van der Waals surface area contributed by atoms with Gasteiger partial charge in [0, 0.05) is 147 Å². The maximum Gasteiger partial charge on any atom is 0.321 e. The predicted octanol–water partition coefficient (Wildman–Crippen LogP) is 0.439. The summed E-state index contributed by atoms with van der Waals surface area (Å²) in [6.45, 7) is 4.24. The number of nitrogens with zero attached hydrogens (tertiary/aromatic N) is 6. The Kier molecular flexibility index (Phi) is 31.7. The maximum absolute atomic E-state index is 14.8. The molecule has 0 saturated carbocycles. The molecule has 33 heteroatoms. The van der Waals surface area contributed by atoms with Crippen LogP contribution in [0.3, 0.4) is 0 Å². The molecule has 31 nitrogen and oxygen atoms in total. The third kappa shape index (κ3) is 26.4. The van der Waals surface area contributed by atoms with Crippen molar-refractivity contribution >= 4 is 76.5 Å². The number of urea groups is 1. The normalized spacial score (nSPS) is 15.1. The molecule has 0 aliphatic carbocycles. The molecular weight excluding hydrogens is 1280 g/mol. The highest BCUT2D eigenvalue weighted by Crippen LogP contribution is 2.33. The molecule has 2 heterocycles. The van der Waals surface area contributed by atoms with Crippen molar-refractivity contribution in [2.24, 2.45) is 10.7 Å². The van der Waals surface area contributed by atoms with Crippen molar-refractivity contribution in [3.05, 3.63) is 115 Å². The lowest BCUT2D eigenvalue weighted by Crippen LogP contribution is -2.50. The lowest BCUT2D eigenvalue weighted by atomic mass is 10.0. The van der Waals surface area contributed by atoms with E-state index in [1.165, 1.54) is 0 Å². The van der Waals surface area contributed by atoms with Gasteiger partial charge >= 0.3 is 23.9 Å². The molecule has 0 radical (unpaired) electrons. The van der Waals surface area contributed by atoms with Crippen molar-refractivity contribution in [2.45, 2.75) is 96.4 Å². The SMILES string of the molecule is CCC(=O)NCCNC(=O)NC(N)=NCCC[C@@H](NC(=O)[C@H](c1cccc(NC(=O)CCCNc2c(NCCCCCCNC(=O)CN3CCN(CC(=O)O)CCN(CC(=O)O)CCN(CC(=O)O)CC3)c(=O)c2=O)c1)N1Cc2ccccc2C1)C(=O)NCc1c(F)cc(O)cc1F. The summed E-state index contributed by atoms with van der Waals surface area (Å²) in [6, 6.07) is 12.5. The number of anilines is 3. The highest BCUT2D eigenvalue weighted by atomic mass is 19.1. The number of carbonyl (C=O) groups is 9. The lowest BCUT2D eigenvalue weighted by molar-refractivity contribution is -0.140. The zero-order valence-electron chi connectivity index (χ0n) is 54.9. The van der Waals surface area contributed by atoms with E-state index in [0.717, 1.165) is 24.0 Å². The molecule has 1 saturated heterocycles. The van der Waals surface area contributed by atoms with Crippen LogP contribution in [0.5, 0.6) is 5.75 Å². The Hall–Kier alpha value is -9.70. The number of aliphatic imine (C=N–C) groups is 1.